The average molecular weight is 320 g/mol. The van der Waals surface area contributed by atoms with Crippen molar-refractivity contribution in [3.05, 3.63) is 35.4 Å². The second-order valence-electron chi connectivity index (χ2n) is 5.16. The van der Waals surface area contributed by atoms with Gasteiger partial charge in [-0.1, -0.05) is 12.1 Å². The van der Waals surface area contributed by atoms with Crippen molar-refractivity contribution in [1.29, 1.82) is 0 Å². The van der Waals surface area contributed by atoms with Crippen LogP contribution in [0.1, 0.15) is 22.8 Å². The maximum atomic E-state index is 12.3. The van der Waals surface area contributed by atoms with Gasteiger partial charge in [0.2, 0.25) is 0 Å². The number of carbonyl (C=O) groups is 3. The summed E-state index contributed by atoms with van der Waals surface area (Å²) in [5.74, 6) is -0.876. The molecule has 0 unspecified atom stereocenters. The minimum absolute atomic E-state index is 0.0151. The molecule has 1 aliphatic heterocycles. The highest BCUT2D eigenvalue weighted by Gasteiger charge is 2.18. The van der Waals surface area contributed by atoms with E-state index in [-0.39, 0.29) is 18.4 Å². The van der Waals surface area contributed by atoms with Gasteiger partial charge in [0.15, 0.2) is 6.61 Å². The van der Waals surface area contributed by atoms with Crippen LogP contribution in [0.15, 0.2) is 24.3 Å². The molecule has 124 valence electrons. The van der Waals surface area contributed by atoms with E-state index in [0.717, 1.165) is 5.56 Å². The van der Waals surface area contributed by atoms with Gasteiger partial charge in [-0.3, -0.25) is 14.4 Å². The summed E-state index contributed by atoms with van der Waals surface area (Å²) >= 11 is 0. The quantitative estimate of drug-likeness (QED) is 0.791. The number of ether oxygens (including phenoxy) is 2. The van der Waals surface area contributed by atoms with Crippen LogP contribution >= 0.6 is 0 Å². The van der Waals surface area contributed by atoms with Crippen molar-refractivity contribution in [2.45, 2.75) is 13.5 Å². The zero-order chi connectivity index (χ0) is 16.7. The molecular weight excluding hydrogens is 300 g/mol. The molecule has 2 rings (SSSR count). The van der Waals surface area contributed by atoms with Gasteiger partial charge < -0.3 is 19.7 Å². The predicted octanol–water partition coefficient (Wildman–Crippen LogP) is 0.338. The third-order valence-electron chi connectivity index (χ3n) is 3.40. The number of hydrogen-bond acceptors (Lipinski definition) is 5. The molecule has 0 saturated carbocycles. The van der Waals surface area contributed by atoms with Crippen LogP contribution in [0.3, 0.4) is 0 Å². The lowest BCUT2D eigenvalue weighted by molar-refractivity contribution is -0.146. The Labute approximate surface area is 134 Å². The maximum absolute atomic E-state index is 12.3. The zero-order valence-electron chi connectivity index (χ0n) is 13.0. The molecule has 1 N–H and O–H groups in total. The van der Waals surface area contributed by atoms with Crippen LogP contribution in [0.2, 0.25) is 0 Å². The monoisotopic (exact) mass is 320 g/mol. The second-order valence-corrected chi connectivity index (χ2v) is 5.16. The molecular formula is C16H20N2O5. The first-order chi connectivity index (χ1) is 11.1. The molecule has 1 aliphatic rings. The van der Waals surface area contributed by atoms with E-state index in [4.69, 9.17) is 4.74 Å². The van der Waals surface area contributed by atoms with E-state index in [9.17, 15) is 14.4 Å². The Morgan fingerprint density at radius 1 is 1.17 bits per heavy atom. The molecule has 7 nitrogen and oxygen atoms in total. The third kappa shape index (κ3) is 5.37. The molecule has 0 aliphatic carbocycles. The number of nitrogens with zero attached hydrogens (tertiary/aromatic N) is 1. The van der Waals surface area contributed by atoms with Crippen LogP contribution in [0, 0.1) is 0 Å². The Hall–Kier alpha value is -2.41. The Morgan fingerprint density at radius 2 is 1.83 bits per heavy atom. The van der Waals surface area contributed by atoms with Crippen molar-refractivity contribution in [1.82, 2.24) is 10.2 Å². The number of amides is 2. The predicted molar refractivity (Wildman–Crippen MR) is 81.6 cm³/mol. The lowest BCUT2D eigenvalue weighted by Crippen LogP contribution is -2.40. The summed E-state index contributed by atoms with van der Waals surface area (Å²) < 4.78 is 9.83. The molecule has 23 heavy (non-hydrogen) atoms. The third-order valence-corrected chi connectivity index (χ3v) is 3.40. The van der Waals surface area contributed by atoms with Crippen molar-refractivity contribution in [2.75, 3.05) is 32.9 Å². The van der Waals surface area contributed by atoms with Gasteiger partial charge in [-0.15, -0.1) is 0 Å². The molecule has 0 atom stereocenters. The van der Waals surface area contributed by atoms with E-state index in [1.807, 2.05) is 0 Å². The first-order valence-electron chi connectivity index (χ1n) is 7.42. The second kappa shape index (κ2) is 8.28. The standard InChI is InChI=1S/C16H20N2O5/c1-12(19)23-11-15(20)17-10-13-2-4-14(5-3-13)16(21)18-6-8-22-9-7-18/h2-5H,6-11H2,1H3,(H,17,20). The molecule has 1 heterocycles. The van der Waals surface area contributed by atoms with E-state index < -0.39 is 5.97 Å². The minimum atomic E-state index is -0.494. The first-order valence-corrected chi connectivity index (χ1v) is 7.42. The fourth-order valence-electron chi connectivity index (χ4n) is 2.13. The van der Waals surface area contributed by atoms with Crippen LogP contribution in [0.5, 0.6) is 0 Å². The van der Waals surface area contributed by atoms with Crippen LogP contribution in [-0.2, 0) is 25.6 Å². The maximum Gasteiger partial charge on any atom is 0.303 e. The van der Waals surface area contributed by atoms with E-state index in [1.165, 1.54) is 6.92 Å². The van der Waals surface area contributed by atoms with Gasteiger partial charge in [0.1, 0.15) is 0 Å². The molecule has 1 fully saturated rings. The number of esters is 1. The van der Waals surface area contributed by atoms with Crippen molar-refractivity contribution >= 4 is 17.8 Å². The number of benzene rings is 1. The van der Waals surface area contributed by atoms with Crippen molar-refractivity contribution in [2.24, 2.45) is 0 Å². The van der Waals surface area contributed by atoms with Crippen LogP contribution in [0.25, 0.3) is 0 Å². The molecule has 0 spiro atoms. The molecule has 0 bridgehead atoms. The van der Waals surface area contributed by atoms with Gasteiger partial charge in [0.05, 0.1) is 13.2 Å². The average Bonchev–Trinajstić information content (AvgIpc) is 2.58. The summed E-state index contributed by atoms with van der Waals surface area (Å²) in [6, 6.07) is 7.07. The summed E-state index contributed by atoms with van der Waals surface area (Å²) in [6.45, 7) is 3.61. The summed E-state index contributed by atoms with van der Waals surface area (Å²) in [7, 11) is 0. The Bertz CT molecular complexity index is 564. The fourth-order valence-corrected chi connectivity index (χ4v) is 2.13. The van der Waals surface area contributed by atoms with Gasteiger partial charge in [0, 0.05) is 32.1 Å². The summed E-state index contributed by atoms with van der Waals surface area (Å²) in [4.78, 5) is 36.1. The van der Waals surface area contributed by atoms with Crippen molar-refractivity contribution < 1.29 is 23.9 Å². The molecule has 1 aromatic rings. The van der Waals surface area contributed by atoms with E-state index in [0.29, 0.717) is 38.4 Å². The molecule has 1 saturated heterocycles. The molecule has 1 aromatic carbocycles. The molecule has 2 amide bonds. The van der Waals surface area contributed by atoms with Gasteiger partial charge in [0.25, 0.3) is 11.8 Å². The van der Waals surface area contributed by atoms with Gasteiger partial charge in [-0.05, 0) is 17.7 Å². The highest BCUT2D eigenvalue weighted by Crippen LogP contribution is 2.09. The largest absolute Gasteiger partial charge is 0.456 e. The highest BCUT2D eigenvalue weighted by atomic mass is 16.5. The topological polar surface area (TPSA) is 84.9 Å². The SMILES string of the molecule is CC(=O)OCC(=O)NCc1ccc(C(=O)N2CCOCC2)cc1. The first kappa shape index (κ1) is 17.0. The summed E-state index contributed by atoms with van der Waals surface area (Å²) in [6.07, 6.45) is 0. The van der Waals surface area contributed by atoms with Gasteiger partial charge in [-0.2, -0.15) is 0 Å². The zero-order valence-corrected chi connectivity index (χ0v) is 13.0. The molecule has 7 heteroatoms. The van der Waals surface area contributed by atoms with Gasteiger partial charge in [-0.25, -0.2) is 0 Å². The summed E-state index contributed by atoms with van der Waals surface area (Å²) in [5.41, 5.74) is 1.47. The van der Waals surface area contributed by atoms with Crippen molar-refractivity contribution in [3.63, 3.8) is 0 Å². The Balaban J connectivity index is 1.83. The Morgan fingerprint density at radius 3 is 2.43 bits per heavy atom. The summed E-state index contributed by atoms with van der Waals surface area (Å²) in [5, 5.41) is 2.64. The lowest BCUT2D eigenvalue weighted by Gasteiger charge is -2.26. The minimum Gasteiger partial charge on any atom is -0.456 e. The normalized spacial score (nSPS) is 14.2. The molecule has 0 aromatic heterocycles. The number of rotatable bonds is 5. The van der Waals surface area contributed by atoms with Gasteiger partial charge >= 0.3 is 5.97 Å². The van der Waals surface area contributed by atoms with Crippen LogP contribution in [-0.4, -0.2) is 55.6 Å². The number of nitrogens with one attached hydrogen (secondary N) is 1. The fraction of sp³-hybridized carbons (Fsp3) is 0.438. The highest BCUT2D eigenvalue weighted by molar-refractivity contribution is 5.94. The Kier molecular flexibility index (Phi) is 6.10. The van der Waals surface area contributed by atoms with Crippen molar-refractivity contribution in [3.8, 4) is 0 Å². The number of carbonyl (C=O) groups excluding carboxylic acids is 3. The smallest absolute Gasteiger partial charge is 0.303 e. The van der Waals surface area contributed by atoms with Crippen LogP contribution < -0.4 is 5.32 Å². The number of morpholine rings is 1. The number of hydrogen-bond donors (Lipinski definition) is 1. The molecule has 0 radical (unpaired) electrons. The lowest BCUT2D eigenvalue weighted by atomic mass is 10.1. The van der Waals surface area contributed by atoms with E-state index in [1.54, 1.807) is 29.2 Å². The van der Waals surface area contributed by atoms with E-state index >= 15 is 0 Å². The van der Waals surface area contributed by atoms with E-state index in [2.05, 4.69) is 10.1 Å². The van der Waals surface area contributed by atoms with Crippen LogP contribution in [0.4, 0.5) is 0 Å².